The molecular weight excluding hydrogens is 398 g/mol. The van der Waals surface area contributed by atoms with Crippen LogP contribution in [0.25, 0.3) is 0 Å². The normalized spacial score (nSPS) is 46.3. The highest BCUT2D eigenvalue weighted by Crippen LogP contribution is 2.66. The monoisotopic (exact) mass is 437 g/mol. The number of rotatable bonds is 3. The van der Waals surface area contributed by atoms with Gasteiger partial charge in [0.15, 0.2) is 0 Å². The maximum absolute atomic E-state index is 10.6. The van der Waals surface area contributed by atoms with E-state index in [0.717, 1.165) is 37.0 Å². The molecule has 4 aliphatic rings. The Bertz CT molecular complexity index is 694. The van der Waals surface area contributed by atoms with E-state index in [9.17, 15) is 19.8 Å². The maximum atomic E-state index is 10.6. The topological polar surface area (TPSA) is 127 Å². The van der Waals surface area contributed by atoms with Crippen LogP contribution in [0, 0.1) is 34.5 Å². The molecule has 0 radical (unpaired) electrons. The predicted octanol–water partition coefficient (Wildman–Crippen LogP) is 2.66. The fourth-order valence-electron chi connectivity index (χ4n) is 7.91. The number of fused-ring (bicyclic) bond motifs is 5. The van der Waals surface area contributed by atoms with E-state index in [1.54, 1.807) is 0 Å². The first-order valence-electron chi connectivity index (χ1n) is 11.7. The van der Waals surface area contributed by atoms with Crippen LogP contribution in [0.5, 0.6) is 0 Å². The summed E-state index contributed by atoms with van der Waals surface area (Å²) in [5.41, 5.74) is 0.707. The number of likely N-dealkylation sites (N-methyl/N-ethyl adjacent to an activating group) is 1. The summed E-state index contributed by atoms with van der Waals surface area (Å²) >= 11 is 0. The molecule has 4 fully saturated rings. The molecular formula is C24H39NO6. The quantitative estimate of drug-likeness (QED) is 0.430. The van der Waals surface area contributed by atoms with Crippen molar-refractivity contribution in [3.8, 4) is 0 Å². The Morgan fingerprint density at radius 1 is 0.871 bits per heavy atom. The minimum atomic E-state index is -1.26. The molecule has 0 heterocycles. The van der Waals surface area contributed by atoms with Crippen LogP contribution in [0.1, 0.15) is 65.2 Å². The van der Waals surface area contributed by atoms with Gasteiger partial charge in [-0.3, -0.25) is 0 Å². The molecule has 4 rings (SSSR count). The highest BCUT2D eigenvalue weighted by atomic mass is 16.4. The highest BCUT2D eigenvalue weighted by molar-refractivity contribution is 5.89. The first-order chi connectivity index (χ1) is 14.5. The Hall–Kier alpha value is -1.44. The molecule has 7 heteroatoms. The number of aliphatic hydroxyl groups is 2. The summed E-state index contributed by atoms with van der Waals surface area (Å²) in [6.45, 7) is 4.97. The lowest BCUT2D eigenvalue weighted by Gasteiger charge is -2.60. The molecule has 0 bridgehead atoms. The van der Waals surface area contributed by atoms with Gasteiger partial charge in [-0.15, -0.1) is 0 Å². The Morgan fingerprint density at radius 2 is 1.48 bits per heavy atom. The van der Waals surface area contributed by atoms with Crippen LogP contribution in [0.4, 0.5) is 0 Å². The summed E-state index contributed by atoms with van der Waals surface area (Å²) in [6, 6.07) is 0.271. The summed E-state index contributed by atoms with van der Waals surface area (Å²) in [4.78, 5) is 19.1. The van der Waals surface area contributed by atoms with Crippen LogP contribution in [-0.2, 0) is 9.59 Å². The fraction of sp³-hybridized carbons (Fsp3) is 0.833. The third-order valence-electron chi connectivity index (χ3n) is 9.35. The van der Waals surface area contributed by atoms with Gasteiger partial charge < -0.3 is 25.7 Å². The summed E-state index contributed by atoms with van der Waals surface area (Å²) in [7, 11) is 2.02. The fourth-order valence-corrected chi connectivity index (χ4v) is 7.91. The molecule has 4 aliphatic carbocycles. The number of carboxylic acids is 2. The minimum Gasteiger partial charge on any atom is -0.478 e. The van der Waals surface area contributed by atoms with Crippen molar-refractivity contribution in [2.24, 2.45) is 34.5 Å². The zero-order valence-corrected chi connectivity index (χ0v) is 19.0. The van der Waals surface area contributed by atoms with Crippen molar-refractivity contribution in [3.05, 3.63) is 12.2 Å². The van der Waals surface area contributed by atoms with Crippen LogP contribution in [0.15, 0.2) is 12.2 Å². The zero-order valence-electron chi connectivity index (χ0n) is 19.0. The van der Waals surface area contributed by atoms with Gasteiger partial charge in [-0.25, -0.2) is 9.59 Å². The number of hydrogen-bond donors (Lipinski definition) is 5. The molecule has 0 aromatic rings. The van der Waals surface area contributed by atoms with Gasteiger partial charge in [0.05, 0.1) is 12.2 Å². The van der Waals surface area contributed by atoms with Crippen LogP contribution < -0.4 is 5.32 Å². The molecule has 4 saturated carbocycles. The van der Waals surface area contributed by atoms with Gasteiger partial charge >= 0.3 is 11.9 Å². The van der Waals surface area contributed by atoms with Gasteiger partial charge in [0.25, 0.3) is 0 Å². The van der Waals surface area contributed by atoms with E-state index in [1.807, 2.05) is 7.05 Å². The second-order valence-electron chi connectivity index (χ2n) is 10.7. The summed E-state index contributed by atoms with van der Waals surface area (Å²) in [5, 5.41) is 39.8. The summed E-state index contributed by atoms with van der Waals surface area (Å²) in [5.74, 6) is 0.495. The number of aliphatic carboxylic acids is 2. The maximum Gasteiger partial charge on any atom is 0.328 e. The van der Waals surface area contributed by atoms with E-state index in [2.05, 4.69) is 19.2 Å². The van der Waals surface area contributed by atoms with E-state index in [-0.39, 0.29) is 23.7 Å². The molecule has 31 heavy (non-hydrogen) atoms. The second-order valence-corrected chi connectivity index (χ2v) is 10.7. The molecule has 5 N–H and O–H groups in total. The minimum absolute atomic E-state index is 0.0551. The number of nitrogens with one attached hydrogen (secondary N) is 1. The SMILES string of the molecule is CN[C@H]1[C@@H](O)C[C@H]2[C@@H]3CC[C@H]4C[C@@H](O)CC[C@]4(C)[C@H]3CC[C@@]21C.O=C(O)/C=C\C(=O)O. The van der Waals surface area contributed by atoms with Gasteiger partial charge in [0.2, 0.25) is 0 Å². The van der Waals surface area contributed by atoms with Crippen molar-refractivity contribution in [2.75, 3.05) is 7.05 Å². The molecule has 0 spiro atoms. The molecule has 0 aromatic carbocycles. The molecule has 0 saturated heterocycles. The smallest absolute Gasteiger partial charge is 0.328 e. The van der Waals surface area contributed by atoms with E-state index in [4.69, 9.17) is 10.2 Å². The third-order valence-corrected chi connectivity index (χ3v) is 9.35. The Morgan fingerprint density at radius 3 is 2.06 bits per heavy atom. The second kappa shape index (κ2) is 9.20. The molecule has 9 atom stereocenters. The van der Waals surface area contributed by atoms with E-state index < -0.39 is 11.9 Å². The first-order valence-corrected chi connectivity index (χ1v) is 11.7. The average molecular weight is 438 g/mol. The Labute approximate surface area is 184 Å². The van der Waals surface area contributed by atoms with Crippen LogP contribution >= 0.6 is 0 Å². The van der Waals surface area contributed by atoms with Gasteiger partial charge in [-0.1, -0.05) is 13.8 Å². The molecule has 7 nitrogen and oxygen atoms in total. The van der Waals surface area contributed by atoms with Crippen LogP contribution in [0.3, 0.4) is 0 Å². The average Bonchev–Trinajstić information content (AvgIpc) is 2.97. The van der Waals surface area contributed by atoms with Crippen molar-refractivity contribution >= 4 is 11.9 Å². The highest BCUT2D eigenvalue weighted by Gasteiger charge is 2.61. The van der Waals surface area contributed by atoms with Crippen molar-refractivity contribution < 1.29 is 30.0 Å². The number of carboxylic acid groups (broad SMARTS) is 2. The molecule has 0 aromatic heterocycles. The van der Waals surface area contributed by atoms with E-state index in [0.29, 0.717) is 23.5 Å². The lowest BCUT2D eigenvalue weighted by atomic mass is 9.45. The lowest BCUT2D eigenvalue weighted by molar-refractivity contribution is -0.134. The van der Waals surface area contributed by atoms with Crippen molar-refractivity contribution in [3.63, 3.8) is 0 Å². The van der Waals surface area contributed by atoms with Gasteiger partial charge in [0.1, 0.15) is 0 Å². The Balaban J connectivity index is 0.000000293. The summed E-state index contributed by atoms with van der Waals surface area (Å²) in [6.07, 6.45) is 10.3. The molecule has 0 unspecified atom stereocenters. The van der Waals surface area contributed by atoms with Crippen LogP contribution in [0.2, 0.25) is 0 Å². The number of aliphatic hydroxyl groups excluding tert-OH is 2. The molecule has 0 aliphatic heterocycles. The van der Waals surface area contributed by atoms with Gasteiger partial charge in [0, 0.05) is 18.2 Å². The van der Waals surface area contributed by atoms with Gasteiger partial charge in [-0.2, -0.15) is 0 Å². The van der Waals surface area contributed by atoms with Crippen molar-refractivity contribution in [2.45, 2.75) is 83.5 Å². The van der Waals surface area contributed by atoms with E-state index in [1.165, 1.54) is 32.1 Å². The third kappa shape index (κ3) is 4.55. The van der Waals surface area contributed by atoms with Crippen molar-refractivity contribution in [1.82, 2.24) is 5.32 Å². The summed E-state index contributed by atoms with van der Waals surface area (Å²) < 4.78 is 0. The predicted molar refractivity (Wildman–Crippen MR) is 116 cm³/mol. The first kappa shape index (κ1) is 24.2. The Kier molecular flexibility index (Phi) is 7.18. The standard InChI is InChI=1S/C20H35NO2.C4H4O4/c1-19-8-6-13(22)10-12(19)4-5-14-15(19)7-9-20(2)16(14)11-17(23)18(20)21-3;5-3(6)1-2-4(7)8/h12-18,21-23H,4-11H2,1-3H3;1-2H,(H,5,6)(H,7,8)/b;2-1-/t12-,13-,14+,15-,16-,17-,18-,19-,20-;/m0./s1. The van der Waals surface area contributed by atoms with Crippen LogP contribution in [-0.4, -0.2) is 57.7 Å². The lowest BCUT2D eigenvalue weighted by Crippen LogP contribution is -2.56. The molecule has 176 valence electrons. The number of carbonyl (C=O) groups is 2. The van der Waals surface area contributed by atoms with Gasteiger partial charge in [-0.05, 0) is 92.9 Å². The van der Waals surface area contributed by atoms with Crippen molar-refractivity contribution in [1.29, 1.82) is 0 Å². The van der Waals surface area contributed by atoms with E-state index >= 15 is 0 Å². The zero-order chi connectivity index (χ0) is 23.0. The molecule has 0 amide bonds. The largest absolute Gasteiger partial charge is 0.478 e. The number of hydrogen-bond acceptors (Lipinski definition) is 5.